The number of rotatable bonds is 4. The Bertz CT molecular complexity index is 146. The average Bonchev–Trinajstić information content (AvgIpc) is 1.89. The molecule has 0 N–H and O–H groups in total. The maximum absolute atomic E-state index is 10.7. The first-order chi connectivity index (χ1) is 4.72. The van der Waals surface area contributed by atoms with E-state index in [1.807, 2.05) is 6.07 Å². The minimum atomic E-state index is -0.361. The van der Waals surface area contributed by atoms with E-state index < -0.39 is 0 Å². The van der Waals surface area contributed by atoms with Crippen LogP contribution < -0.4 is 0 Å². The maximum Gasteiger partial charge on any atom is 0.146 e. The second-order valence-electron chi connectivity index (χ2n) is 2.43. The first-order valence-corrected chi connectivity index (χ1v) is 3.62. The maximum atomic E-state index is 10.7. The molecule has 0 aliphatic rings. The molecule has 2 nitrogen and oxygen atoms in total. The van der Waals surface area contributed by atoms with E-state index in [9.17, 15) is 4.79 Å². The van der Waals surface area contributed by atoms with E-state index in [-0.39, 0.29) is 11.7 Å². The summed E-state index contributed by atoms with van der Waals surface area (Å²) >= 11 is 0. The number of nitrogens with zero attached hydrogens (tertiary/aromatic N) is 1. The van der Waals surface area contributed by atoms with Gasteiger partial charge in [0.1, 0.15) is 11.7 Å². The van der Waals surface area contributed by atoms with Gasteiger partial charge in [-0.05, 0) is 13.3 Å². The summed E-state index contributed by atoms with van der Waals surface area (Å²) in [6.45, 7) is 3.53. The normalized spacial score (nSPS) is 12.1. The summed E-state index contributed by atoms with van der Waals surface area (Å²) in [6, 6.07) is 1.99. The minimum absolute atomic E-state index is 0.00375. The molecule has 0 spiro atoms. The van der Waals surface area contributed by atoms with Crippen LogP contribution in [0, 0.1) is 17.2 Å². The van der Waals surface area contributed by atoms with E-state index in [2.05, 4.69) is 6.92 Å². The standard InChI is InChI=1S/C8H13NO/c1-3-4-5-8(6-9)7(2)10/h8H,3-5H2,1-2H3/t8-/m1/s1. The van der Waals surface area contributed by atoms with Crippen molar-refractivity contribution in [3.05, 3.63) is 0 Å². The third kappa shape index (κ3) is 3.24. The fraction of sp³-hybridized carbons (Fsp3) is 0.750. The molecule has 0 saturated carbocycles. The largest absolute Gasteiger partial charge is 0.299 e. The van der Waals surface area contributed by atoms with Crippen LogP contribution in [0.25, 0.3) is 0 Å². The van der Waals surface area contributed by atoms with Crippen molar-refractivity contribution in [2.75, 3.05) is 0 Å². The molecule has 0 rings (SSSR count). The molecule has 10 heavy (non-hydrogen) atoms. The van der Waals surface area contributed by atoms with Crippen molar-refractivity contribution in [1.29, 1.82) is 5.26 Å². The lowest BCUT2D eigenvalue weighted by Crippen LogP contribution is -2.07. The molecule has 56 valence electrons. The van der Waals surface area contributed by atoms with Crippen LogP contribution in [0.5, 0.6) is 0 Å². The van der Waals surface area contributed by atoms with Gasteiger partial charge in [0.05, 0.1) is 6.07 Å². The number of nitriles is 1. The molecule has 0 aliphatic heterocycles. The SMILES string of the molecule is CCCC[C@H](C#N)C(C)=O. The van der Waals surface area contributed by atoms with E-state index in [0.717, 1.165) is 19.3 Å². The third-order valence-corrected chi connectivity index (χ3v) is 1.49. The molecule has 0 aliphatic carbocycles. The summed E-state index contributed by atoms with van der Waals surface area (Å²) in [4.78, 5) is 10.7. The molecule has 0 unspecified atom stereocenters. The molecule has 0 aromatic rings. The number of Topliss-reactive ketones (excluding diaryl/α,β-unsaturated/α-hetero) is 1. The molecule has 0 amide bonds. The van der Waals surface area contributed by atoms with Crippen LogP contribution in [0.3, 0.4) is 0 Å². The fourth-order valence-corrected chi connectivity index (χ4v) is 0.767. The lowest BCUT2D eigenvalue weighted by atomic mass is 10.0. The third-order valence-electron chi connectivity index (χ3n) is 1.49. The van der Waals surface area contributed by atoms with Gasteiger partial charge in [-0.1, -0.05) is 19.8 Å². The highest BCUT2D eigenvalue weighted by Crippen LogP contribution is 2.07. The predicted molar refractivity (Wildman–Crippen MR) is 39.3 cm³/mol. The Hall–Kier alpha value is -0.840. The van der Waals surface area contributed by atoms with Crippen molar-refractivity contribution in [2.24, 2.45) is 5.92 Å². The van der Waals surface area contributed by atoms with Crippen LogP contribution >= 0.6 is 0 Å². The van der Waals surface area contributed by atoms with Gasteiger partial charge in [0, 0.05) is 0 Å². The Morgan fingerprint density at radius 1 is 1.70 bits per heavy atom. The van der Waals surface area contributed by atoms with Gasteiger partial charge in [0.2, 0.25) is 0 Å². The second kappa shape index (κ2) is 4.99. The second-order valence-corrected chi connectivity index (χ2v) is 2.43. The van der Waals surface area contributed by atoms with Crippen molar-refractivity contribution < 1.29 is 4.79 Å². The number of ketones is 1. The van der Waals surface area contributed by atoms with Gasteiger partial charge in [-0.15, -0.1) is 0 Å². The highest BCUT2D eigenvalue weighted by Gasteiger charge is 2.10. The molecule has 0 aromatic heterocycles. The lowest BCUT2D eigenvalue weighted by molar-refractivity contribution is -0.119. The van der Waals surface area contributed by atoms with Crippen molar-refractivity contribution >= 4 is 5.78 Å². The smallest absolute Gasteiger partial charge is 0.146 e. The Kier molecular flexibility index (Phi) is 4.57. The molecule has 0 bridgehead atoms. The van der Waals surface area contributed by atoms with Crippen molar-refractivity contribution in [2.45, 2.75) is 33.1 Å². The molecule has 2 heteroatoms. The first-order valence-electron chi connectivity index (χ1n) is 3.62. The first kappa shape index (κ1) is 9.16. The molecule has 0 aromatic carbocycles. The summed E-state index contributed by atoms with van der Waals surface area (Å²) in [6.07, 6.45) is 2.74. The van der Waals surface area contributed by atoms with Crippen LogP contribution in [0.2, 0.25) is 0 Å². The van der Waals surface area contributed by atoms with Crippen LogP contribution in [0.4, 0.5) is 0 Å². The van der Waals surface area contributed by atoms with E-state index in [0.29, 0.717) is 0 Å². The number of hydrogen-bond donors (Lipinski definition) is 0. The number of hydrogen-bond acceptors (Lipinski definition) is 2. The van der Waals surface area contributed by atoms with Crippen molar-refractivity contribution in [3.63, 3.8) is 0 Å². The zero-order valence-electron chi connectivity index (χ0n) is 6.55. The van der Waals surface area contributed by atoms with Crippen molar-refractivity contribution in [3.8, 4) is 6.07 Å². The van der Waals surface area contributed by atoms with E-state index >= 15 is 0 Å². The van der Waals surface area contributed by atoms with Crippen LogP contribution in [0.15, 0.2) is 0 Å². The molecule has 1 atom stereocenters. The topological polar surface area (TPSA) is 40.9 Å². The average molecular weight is 139 g/mol. The fourth-order valence-electron chi connectivity index (χ4n) is 0.767. The lowest BCUT2D eigenvalue weighted by Gasteiger charge is -2.00. The quantitative estimate of drug-likeness (QED) is 0.597. The zero-order valence-corrected chi connectivity index (χ0v) is 6.55. The van der Waals surface area contributed by atoms with Gasteiger partial charge in [0.25, 0.3) is 0 Å². The predicted octanol–water partition coefficient (Wildman–Crippen LogP) is 1.91. The summed E-state index contributed by atoms with van der Waals surface area (Å²) < 4.78 is 0. The van der Waals surface area contributed by atoms with Gasteiger partial charge in [-0.25, -0.2) is 0 Å². The van der Waals surface area contributed by atoms with Gasteiger partial charge >= 0.3 is 0 Å². The van der Waals surface area contributed by atoms with E-state index in [1.165, 1.54) is 6.92 Å². The molecular formula is C8H13NO. The summed E-state index contributed by atoms with van der Waals surface area (Å²) in [5.41, 5.74) is 0. The van der Waals surface area contributed by atoms with E-state index in [4.69, 9.17) is 5.26 Å². The van der Waals surface area contributed by atoms with Crippen LogP contribution in [-0.4, -0.2) is 5.78 Å². The van der Waals surface area contributed by atoms with Gasteiger partial charge in [-0.2, -0.15) is 5.26 Å². The summed E-state index contributed by atoms with van der Waals surface area (Å²) in [5.74, 6) is -0.365. The Labute approximate surface area is 61.8 Å². The Balaban J connectivity index is 3.64. The highest BCUT2D eigenvalue weighted by molar-refractivity contribution is 5.80. The van der Waals surface area contributed by atoms with Crippen molar-refractivity contribution in [1.82, 2.24) is 0 Å². The number of unbranched alkanes of at least 4 members (excludes halogenated alkanes) is 1. The van der Waals surface area contributed by atoms with Crippen LogP contribution in [0.1, 0.15) is 33.1 Å². The monoisotopic (exact) mass is 139 g/mol. The Morgan fingerprint density at radius 3 is 2.60 bits per heavy atom. The summed E-state index contributed by atoms with van der Waals surface area (Å²) in [7, 11) is 0. The molecule has 0 fully saturated rings. The molecule has 0 saturated heterocycles. The zero-order chi connectivity index (χ0) is 7.98. The van der Waals surface area contributed by atoms with Crippen LogP contribution in [-0.2, 0) is 4.79 Å². The molecular weight excluding hydrogens is 126 g/mol. The van der Waals surface area contributed by atoms with Gasteiger partial charge < -0.3 is 0 Å². The number of carbonyl (C=O) groups is 1. The number of carbonyl (C=O) groups excluding carboxylic acids is 1. The Morgan fingerprint density at radius 2 is 2.30 bits per heavy atom. The van der Waals surface area contributed by atoms with Gasteiger partial charge in [0.15, 0.2) is 0 Å². The highest BCUT2D eigenvalue weighted by atomic mass is 16.1. The minimum Gasteiger partial charge on any atom is -0.299 e. The summed E-state index contributed by atoms with van der Waals surface area (Å²) in [5, 5.41) is 8.45. The van der Waals surface area contributed by atoms with E-state index in [1.54, 1.807) is 0 Å². The molecule has 0 radical (unpaired) electrons. The van der Waals surface area contributed by atoms with Gasteiger partial charge in [-0.3, -0.25) is 4.79 Å². The molecule has 0 heterocycles.